The topological polar surface area (TPSA) is 35.8 Å². The SMILES string of the molecule is CCc1ccc(Nc2ccc(C#N)c(Cl)c2)cc1. The van der Waals surface area contributed by atoms with E-state index in [1.165, 1.54) is 5.56 Å². The van der Waals surface area contributed by atoms with Crippen molar-refractivity contribution in [2.24, 2.45) is 0 Å². The summed E-state index contributed by atoms with van der Waals surface area (Å²) in [5.74, 6) is 0. The van der Waals surface area contributed by atoms with Gasteiger partial charge in [-0.1, -0.05) is 30.7 Å². The van der Waals surface area contributed by atoms with Crippen molar-refractivity contribution in [2.75, 3.05) is 5.32 Å². The number of nitrogens with zero attached hydrogens (tertiary/aromatic N) is 1. The van der Waals surface area contributed by atoms with Crippen molar-refractivity contribution in [3.8, 4) is 6.07 Å². The van der Waals surface area contributed by atoms with Crippen molar-refractivity contribution in [1.29, 1.82) is 5.26 Å². The molecule has 0 aromatic heterocycles. The summed E-state index contributed by atoms with van der Waals surface area (Å²) < 4.78 is 0. The molecule has 0 radical (unpaired) electrons. The molecule has 2 aromatic rings. The third-order valence-corrected chi connectivity index (χ3v) is 3.05. The lowest BCUT2D eigenvalue weighted by molar-refractivity contribution is 1.14. The van der Waals surface area contributed by atoms with Crippen molar-refractivity contribution >= 4 is 23.0 Å². The standard InChI is InChI=1S/C15H13ClN2/c1-2-11-3-6-13(7-4-11)18-14-8-5-12(10-17)15(16)9-14/h3-9,18H,2H2,1H3. The molecule has 0 aliphatic heterocycles. The van der Waals surface area contributed by atoms with E-state index in [4.69, 9.17) is 16.9 Å². The maximum atomic E-state index is 8.80. The Kier molecular flexibility index (Phi) is 3.86. The fourth-order valence-electron chi connectivity index (χ4n) is 1.67. The van der Waals surface area contributed by atoms with Crippen LogP contribution in [0.25, 0.3) is 0 Å². The lowest BCUT2D eigenvalue weighted by Gasteiger charge is -2.08. The second kappa shape index (κ2) is 5.57. The van der Waals surface area contributed by atoms with Gasteiger partial charge >= 0.3 is 0 Å². The van der Waals surface area contributed by atoms with E-state index in [-0.39, 0.29) is 0 Å². The number of nitrogens with one attached hydrogen (secondary N) is 1. The van der Waals surface area contributed by atoms with E-state index in [1.807, 2.05) is 24.3 Å². The average Bonchev–Trinajstić information content (AvgIpc) is 2.40. The van der Waals surface area contributed by atoms with Crippen LogP contribution in [0.4, 0.5) is 11.4 Å². The quantitative estimate of drug-likeness (QED) is 0.877. The van der Waals surface area contributed by atoms with Gasteiger partial charge in [0, 0.05) is 11.4 Å². The minimum Gasteiger partial charge on any atom is -0.355 e. The van der Waals surface area contributed by atoms with E-state index in [2.05, 4.69) is 24.4 Å². The van der Waals surface area contributed by atoms with Crippen molar-refractivity contribution in [2.45, 2.75) is 13.3 Å². The molecule has 2 aromatic carbocycles. The maximum absolute atomic E-state index is 8.80. The van der Waals surface area contributed by atoms with Gasteiger partial charge in [0.25, 0.3) is 0 Å². The molecule has 0 saturated heterocycles. The zero-order chi connectivity index (χ0) is 13.0. The molecule has 3 heteroatoms. The number of anilines is 2. The summed E-state index contributed by atoms with van der Waals surface area (Å²) in [7, 11) is 0. The summed E-state index contributed by atoms with van der Waals surface area (Å²) in [5, 5.41) is 12.5. The summed E-state index contributed by atoms with van der Waals surface area (Å²) in [6.07, 6.45) is 1.03. The van der Waals surface area contributed by atoms with Gasteiger partial charge in [-0.25, -0.2) is 0 Å². The van der Waals surface area contributed by atoms with E-state index in [0.29, 0.717) is 10.6 Å². The van der Waals surface area contributed by atoms with Gasteiger partial charge in [-0.15, -0.1) is 0 Å². The molecule has 0 aliphatic rings. The third kappa shape index (κ3) is 2.82. The Labute approximate surface area is 112 Å². The maximum Gasteiger partial charge on any atom is 0.101 e. The first kappa shape index (κ1) is 12.5. The summed E-state index contributed by atoms with van der Waals surface area (Å²) in [6, 6.07) is 15.6. The normalized spacial score (nSPS) is 9.83. The molecule has 0 unspecified atom stereocenters. The molecular weight excluding hydrogens is 244 g/mol. The highest BCUT2D eigenvalue weighted by molar-refractivity contribution is 6.32. The number of hydrogen-bond acceptors (Lipinski definition) is 2. The first-order chi connectivity index (χ1) is 8.72. The van der Waals surface area contributed by atoms with Crippen LogP contribution in [0.5, 0.6) is 0 Å². The Balaban J connectivity index is 2.18. The highest BCUT2D eigenvalue weighted by atomic mass is 35.5. The Morgan fingerprint density at radius 2 is 1.78 bits per heavy atom. The number of rotatable bonds is 3. The zero-order valence-corrected chi connectivity index (χ0v) is 10.8. The first-order valence-electron chi connectivity index (χ1n) is 5.78. The zero-order valence-electron chi connectivity index (χ0n) is 10.1. The highest BCUT2D eigenvalue weighted by Crippen LogP contribution is 2.23. The van der Waals surface area contributed by atoms with E-state index in [9.17, 15) is 0 Å². The first-order valence-corrected chi connectivity index (χ1v) is 6.16. The van der Waals surface area contributed by atoms with Crippen molar-refractivity contribution in [3.63, 3.8) is 0 Å². The number of aryl methyl sites for hydroxylation is 1. The Hall–Kier alpha value is -1.98. The molecular formula is C15H13ClN2. The van der Waals surface area contributed by atoms with E-state index < -0.39 is 0 Å². The van der Waals surface area contributed by atoms with Crippen LogP contribution in [0.3, 0.4) is 0 Å². The summed E-state index contributed by atoms with van der Waals surface area (Å²) in [4.78, 5) is 0. The van der Waals surface area contributed by atoms with Crippen LogP contribution in [0.15, 0.2) is 42.5 Å². The Bertz CT molecular complexity index is 582. The molecule has 0 spiro atoms. The van der Waals surface area contributed by atoms with Crippen LogP contribution in [0, 0.1) is 11.3 Å². The predicted molar refractivity (Wildman–Crippen MR) is 75.3 cm³/mol. The number of halogens is 1. The van der Waals surface area contributed by atoms with Crippen LogP contribution < -0.4 is 5.32 Å². The molecule has 0 fully saturated rings. The average molecular weight is 257 g/mol. The van der Waals surface area contributed by atoms with Crippen LogP contribution in [0.2, 0.25) is 5.02 Å². The Morgan fingerprint density at radius 1 is 1.11 bits per heavy atom. The van der Waals surface area contributed by atoms with Gasteiger partial charge in [0.2, 0.25) is 0 Å². The van der Waals surface area contributed by atoms with E-state index in [0.717, 1.165) is 17.8 Å². The molecule has 0 heterocycles. The molecule has 90 valence electrons. The molecule has 0 bridgehead atoms. The number of nitriles is 1. The fourth-order valence-corrected chi connectivity index (χ4v) is 1.90. The van der Waals surface area contributed by atoms with Gasteiger partial charge in [-0.05, 0) is 42.3 Å². The van der Waals surface area contributed by atoms with Crippen LogP contribution in [0.1, 0.15) is 18.1 Å². The minimum absolute atomic E-state index is 0.465. The molecule has 0 aliphatic carbocycles. The molecule has 0 amide bonds. The van der Waals surface area contributed by atoms with Gasteiger partial charge < -0.3 is 5.32 Å². The summed E-state index contributed by atoms with van der Waals surface area (Å²) >= 11 is 5.98. The van der Waals surface area contributed by atoms with Crippen LogP contribution in [-0.4, -0.2) is 0 Å². The molecule has 1 N–H and O–H groups in total. The smallest absolute Gasteiger partial charge is 0.101 e. The summed E-state index contributed by atoms with van der Waals surface area (Å²) in [6.45, 7) is 2.13. The van der Waals surface area contributed by atoms with Gasteiger partial charge in [-0.2, -0.15) is 5.26 Å². The summed E-state index contributed by atoms with van der Waals surface area (Å²) in [5.41, 5.74) is 3.68. The van der Waals surface area contributed by atoms with Crippen LogP contribution >= 0.6 is 11.6 Å². The number of hydrogen-bond donors (Lipinski definition) is 1. The molecule has 2 rings (SSSR count). The van der Waals surface area contributed by atoms with Crippen molar-refractivity contribution < 1.29 is 0 Å². The van der Waals surface area contributed by atoms with E-state index >= 15 is 0 Å². The number of benzene rings is 2. The molecule has 2 nitrogen and oxygen atoms in total. The van der Waals surface area contributed by atoms with Gasteiger partial charge in [0.15, 0.2) is 0 Å². The minimum atomic E-state index is 0.465. The molecule has 18 heavy (non-hydrogen) atoms. The largest absolute Gasteiger partial charge is 0.355 e. The van der Waals surface area contributed by atoms with Crippen molar-refractivity contribution in [1.82, 2.24) is 0 Å². The second-order valence-electron chi connectivity index (χ2n) is 3.98. The lowest BCUT2D eigenvalue weighted by Crippen LogP contribution is -1.91. The molecule has 0 atom stereocenters. The second-order valence-corrected chi connectivity index (χ2v) is 4.39. The highest BCUT2D eigenvalue weighted by Gasteiger charge is 2.01. The van der Waals surface area contributed by atoms with Gasteiger partial charge in [0.05, 0.1) is 10.6 Å². The van der Waals surface area contributed by atoms with Crippen LogP contribution in [-0.2, 0) is 6.42 Å². The monoisotopic (exact) mass is 256 g/mol. The van der Waals surface area contributed by atoms with Crippen molar-refractivity contribution in [3.05, 3.63) is 58.6 Å². The predicted octanol–water partition coefficient (Wildman–Crippen LogP) is 4.52. The molecule has 0 saturated carbocycles. The van der Waals surface area contributed by atoms with Gasteiger partial charge in [0.1, 0.15) is 6.07 Å². The third-order valence-electron chi connectivity index (χ3n) is 2.74. The van der Waals surface area contributed by atoms with Gasteiger partial charge in [-0.3, -0.25) is 0 Å². The lowest BCUT2D eigenvalue weighted by atomic mass is 10.1. The fraction of sp³-hybridized carbons (Fsp3) is 0.133. The Morgan fingerprint density at radius 3 is 2.33 bits per heavy atom. The van der Waals surface area contributed by atoms with E-state index in [1.54, 1.807) is 12.1 Å².